The topological polar surface area (TPSA) is 78.9 Å². The van der Waals surface area contributed by atoms with Gasteiger partial charge in [0.25, 0.3) is 0 Å². The highest BCUT2D eigenvalue weighted by Gasteiger charge is 2.19. The number of unbranched alkanes of at least 4 members (excludes halogenated alkanes) is 36. The number of esters is 3. The van der Waals surface area contributed by atoms with Crippen LogP contribution in [0.4, 0.5) is 0 Å². The fourth-order valence-corrected chi connectivity index (χ4v) is 8.70. The molecule has 374 valence electrons. The third kappa shape index (κ3) is 51.3. The van der Waals surface area contributed by atoms with Crippen molar-refractivity contribution in [3.05, 3.63) is 0 Å². The molecule has 6 nitrogen and oxygen atoms in total. The van der Waals surface area contributed by atoms with Crippen molar-refractivity contribution in [1.82, 2.24) is 0 Å². The molecule has 0 fully saturated rings. The Morgan fingerprint density at radius 1 is 0.302 bits per heavy atom. The number of hydrogen-bond acceptors (Lipinski definition) is 6. The molecular weight excluding hydrogens is 781 g/mol. The molecule has 0 spiro atoms. The summed E-state index contributed by atoms with van der Waals surface area (Å²) >= 11 is 0. The summed E-state index contributed by atoms with van der Waals surface area (Å²) in [5.74, 6) is 0.816. The standard InChI is InChI=1S/C57H110O6/c1-6-7-8-9-10-11-12-13-15-20-23-28-34-39-44-49-57(60)63-54(51-62-56(59)48-43-38-33-29-24-26-31-36-41-46-53(4)5)50-61-55(58)47-42-37-32-27-22-19-17-14-16-18-21-25-30-35-40-45-52(2)3/h52-54H,6-51H2,1-5H3/t54-/m0/s1. The molecule has 0 aromatic rings. The minimum atomic E-state index is -0.762. The summed E-state index contributed by atoms with van der Waals surface area (Å²) in [5.41, 5.74) is 0. The minimum absolute atomic E-state index is 0.0630. The van der Waals surface area contributed by atoms with Crippen molar-refractivity contribution in [3.63, 3.8) is 0 Å². The molecule has 0 aliphatic heterocycles. The Morgan fingerprint density at radius 3 is 0.778 bits per heavy atom. The van der Waals surface area contributed by atoms with E-state index in [-0.39, 0.29) is 31.1 Å². The minimum Gasteiger partial charge on any atom is -0.462 e. The van der Waals surface area contributed by atoms with Gasteiger partial charge < -0.3 is 14.2 Å². The lowest BCUT2D eigenvalue weighted by Crippen LogP contribution is -2.30. The molecule has 0 heterocycles. The molecule has 0 saturated carbocycles. The summed E-state index contributed by atoms with van der Waals surface area (Å²) in [7, 11) is 0. The van der Waals surface area contributed by atoms with E-state index >= 15 is 0 Å². The Hall–Kier alpha value is -1.59. The van der Waals surface area contributed by atoms with Crippen molar-refractivity contribution in [2.45, 2.75) is 323 Å². The normalized spacial score (nSPS) is 12.0. The largest absolute Gasteiger partial charge is 0.462 e. The van der Waals surface area contributed by atoms with E-state index in [1.165, 1.54) is 205 Å². The Bertz CT molecular complexity index is 962. The van der Waals surface area contributed by atoms with Gasteiger partial charge in [-0.1, -0.05) is 279 Å². The zero-order valence-electron chi connectivity index (χ0n) is 43.2. The number of carbonyl (C=O) groups is 3. The van der Waals surface area contributed by atoms with Crippen LogP contribution in [0.15, 0.2) is 0 Å². The smallest absolute Gasteiger partial charge is 0.306 e. The van der Waals surface area contributed by atoms with Gasteiger partial charge >= 0.3 is 17.9 Å². The van der Waals surface area contributed by atoms with E-state index in [4.69, 9.17) is 14.2 Å². The van der Waals surface area contributed by atoms with Gasteiger partial charge in [-0.25, -0.2) is 0 Å². The van der Waals surface area contributed by atoms with Gasteiger partial charge in [0.15, 0.2) is 6.10 Å². The molecule has 0 aliphatic carbocycles. The first-order valence-electron chi connectivity index (χ1n) is 28.2. The van der Waals surface area contributed by atoms with Crippen LogP contribution in [-0.2, 0) is 28.6 Å². The predicted octanol–water partition coefficient (Wildman–Crippen LogP) is 18.5. The van der Waals surface area contributed by atoms with Crippen LogP contribution >= 0.6 is 0 Å². The fraction of sp³-hybridized carbons (Fsp3) is 0.947. The molecule has 0 rings (SSSR count). The van der Waals surface area contributed by atoms with Crippen molar-refractivity contribution in [1.29, 1.82) is 0 Å². The maximum atomic E-state index is 12.8. The molecule has 0 amide bonds. The molecule has 0 bridgehead atoms. The molecule has 0 unspecified atom stereocenters. The average Bonchev–Trinajstić information content (AvgIpc) is 3.25. The lowest BCUT2D eigenvalue weighted by molar-refractivity contribution is -0.167. The average molecular weight is 892 g/mol. The molecule has 0 aliphatic rings. The Labute approximate surface area is 393 Å². The number of hydrogen-bond donors (Lipinski definition) is 0. The van der Waals surface area contributed by atoms with E-state index in [1.807, 2.05) is 0 Å². The first kappa shape index (κ1) is 61.4. The second kappa shape index (κ2) is 49.8. The Kier molecular flexibility index (Phi) is 48.6. The van der Waals surface area contributed by atoms with Crippen LogP contribution < -0.4 is 0 Å². The highest BCUT2D eigenvalue weighted by molar-refractivity contribution is 5.71. The molecule has 1 atom stereocenters. The number of carbonyl (C=O) groups excluding carboxylic acids is 3. The van der Waals surface area contributed by atoms with E-state index in [9.17, 15) is 14.4 Å². The SMILES string of the molecule is CCCCCCCCCCCCCCCCCC(=O)O[C@@H](COC(=O)CCCCCCCCCCCCCCCCCC(C)C)COC(=O)CCCCCCCCCCCC(C)C. The van der Waals surface area contributed by atoms with Gasteiger partial charge in [-0.2, -0.15) is 0 Å². The zero-order valence-corrected chi connectivity index (χ0v) is 43.2. The maximum Gasteiger partial charge on any atom is 0.306 e. The Morgan fingerprint density at radius 2 is 0.524 bits per heavy atom. The molecule has 0 aromatic heterocycles. The Balaban J connectivity index is 4.28. The first-order chi connectivity index (χ1) is 30.7. The van der Waals surface area contributed by atoms with E-state index in [1.54, 1.807) is 0 Å². The first-order valence-corrected chi connectivity index (χ1v) is 28.2. The second-order valence-electron chi connectivity index (χ2n) is 20.5. The van der Waals surface area contributed by atoms with E-state index in [2.05, 4.69) is 34.6 Å². The third-order valence-electron chi connectivity index (χ3n) is 13.0. The van der Waals surface area contributed by atoms with Gasteiger partial charge in [-0.05, 0) is 31.1 Å². The van der Waals surface area contributed by atoms with Crippen LogP contribution in [0.3, 0.4) is 0 Å². The van der Waals surface area contributed by atoms with E-state index < -0.39 is 6.10 Å². The number of rotatable bonds is 51. The van der Waals surface area contributed by atoms with Gasteiger partial charge in [0, 0.05) is 19.3 Å². The van der Waals surface area contributed by atoms with Gasteiger partial charge in [0.05, 0.1) is 0 Å². The summed E-state index contributed by atoms with van der Waals surface area (Å²) in [6.07, 6.45) is 52.4. The van der Waals surface area contributed by atoms with Crippen LogP contribution in [0.1, 0.15) is 317 Å². The molecule has 0 saturated heterocycles. The molecular formula is C57H110O6. The summed E-state index contributed by atoms with van der Waals surface area (Å²) in [4.78, 5) is 38.1. The number of ether oxygens (including phenoxy) is 3. The van der Waals surface area contributed by atoms with Crippen molar-refractivity contribution in [2.24, 2.45) is 11.8 Å². The second-order valence-corrected chi connectivity index (χ2v) is 20.5. The lowest BCUT2D eigenvalue weighted by Gasteiger charge is -2.18. The highest BCUT2D eigenvalue weighted by Crippen LogP contribution is 2.18. The zero-order chi connectivity index (χ0) is 46.1. The maximum absolute atomic E-state index is 12.8. The summed E-state index contributed by atoms with van der Waals surface area (Å²) in [6, 6.07) is 0. The van der Waals surface area contributed by atoms with Gasteiger partial charge in [-0.3, -0.25) is 14.4 Å². The van der Waals surface area contributed by atoms with Crippen LogP contribution in [0.25, 0.3) is 0 Å². The van der Waals surface area contributed by atoms with Crippen LogP contribution in [0.5, 0.6) is 0 Å². The van der Waals surface area contributed by atoms with Crippen molar-refractivity contribution >= 4 is 17.9 Å². The van der Waals surface area contributed by atoms with Gasteiger partial charge in [0.1, 0.15) is 13.2 Å². The summed E-state index contributed by atoms with van der Waals surface area (Å²) in [6.45, 7) is 11.4. The van der Waals surface area contributed by atoms with Crippen LogP contribution in [-0.4, -0.2) is 37.2 Å². The van der Waals surface area contributed by atoms with E-state index in [0.717, 1.165) is 69.6 Å². The van der Waals surface area contributed by atoms with Gasteiger partial charge in [-0.15, -0.1) is 0 Å². The quantitative estimate of drug-likeness (QED) is 0.0344. The van der Waals surface area contributed by atoms with Gasteiger partial charge in [0.2, 0.25) is 0 Å². The third-order valence-corrected chi connectivity index (χ3v) is 13.0. The molecule has 0 aromatic carbocycles. The molecule has 6 heteroatoms. The van der Waals surface area contributed by atoms with Crippen LogP contribution in [0, 0.1) is 11.8 Å². The van der Waals surface area contributed by atoms with Crippen molar-refractivity contribution in [3.8, 4) is 0 Å². The molecule has 63 heavy (non-hydrogen) atoms. The molecule has 0 radical (unpaired) electrons. The molecule has 0 N–H and O–H groups in total. The monoisotopic (exact) mass is 891 g/mol. The highest BCUT2D eigenvalue weighted by atomic mass is 16.6. The summed E-state index contributed by atoms with van der Waals surface area (Å²) < 4.78 is 16.9. The van der Waals surface area contributed by atoms with Crippen LogP contribution in [0.2, 0.25) is 0 Å². The van der Waals surface area contributed by atoms with E-state index in [0.29, 0.717) is 19.3 Å². The fourth-order valence-electron chi connectivity index (χ4n) is 8.70. The van der Waals surface area contributed by atoms with Crippen molar-refractivity contribution in [2.75, 3.05) is 13.2 Å². The predicted molar refractivity (Wildman–Crippen MR) is 270 cm³/mol. The lowest BCUT2D eigenvalue weighted by atomic mass is 10.0. The van der Waals surface area contributed by atoms with Crippen molar-refractivity contribution < 1.29 is 28.6 Å². The summed E-state index contributed by atoms with van der Waals surface area (Å²) in [5, 5.41) is 0.